The largest absolute Gasteiger partial charge is 0.481 e. The summed E-state index contributed by atoms with van der Waals surface area (Å²) < 4.78 is 6.04. The van der Waals surface area contributed by atoms with E-state index in [9.17, 15) is 14.7 Å². The highest BCUT2D eigenvalue weighted by Crippen LogP contribution is 2.56. The van der Waals surface area contributed by atoms with Gasteiger partial charge in [0.15, 0.2) is 0 Å². The fourth-order valence-corrected chi connectivity index (χ4v) is 4.41. The fourth-order valence-electron chi connectivity index (χ4n) is 4.29. The number of aliphatic carboxylic acids is 1. The summed E-state index contributed by atoms with van der Waals surface area (Å²) in [6, 6.07) is 6.63. The van der Waals surface area contributed by atoms with Gasteiger partial charge in [0.25, 0.3) is 0 Å². The summed E-state index contributed by atoms with van der Waals surface area (Å²) in [7, 11) is 0. The van der Waals surface area contributed by atoms with Crippen LogP contribution in [0, 0.1) is 11.8 Å². The lowest BCUT2D eigenvalue weighted by atomic mass is 9.74. The Hall–Kier alpha value is -2.11. The van der Waals surface area contributed by atoms with E-state index in [4.69, 9.17) is 16.3 Å². The maximum Gasteiger partial charge on any atom is 0.310 e. The van der Waals surface area contributed by atoms with E-state index in [1.807, 2.05) is 6.08 Å². The maximum absolute atomic E-state index is 13.1. The van der Waals surface area contributed by atoms with Crippen molar-refractivity contribution in [3.63, 3.8) is 0 Å². The first-order valence-corrected chi connectivity index (χ1v) is 8.17. The smallest absolute Gasteiger partial charge is 0.310 e. The van der Waals surface area contributed by atoms with Gasteiger partial charge in [0, 0.05) is 10.7 Å². The number of ether oxygens (including phenoxy) is 1. The summed E-state index contributed by atoms with van der Waals surface area (Å²) in [6.45, 7) is 3.78. The first-order valence-electron chi connectivity index (χ1n) is 7.79. The number of hydrogen-bond donors (Lipinski definition) is 1. The Morgan fingerprint density at radius 3 is 2.75 bits per heavy atom. The third-order valence-corrected chi connectivity index (χ3v) is 5.45. The van der Waals surface area contributed by atoms with E-state index in [1.165, 1.54) is 0 Å². The van der Waals surface area contributed by atoms with Gasteiger partial charge in [-0.3, -0.25) is 9.59 Å². The quantitative estimate of drug-likeness (QED) is 0.852. The minimum Gasteiger partial charge on any atom is -0.481 e. The molecule has 3 aliphatic heterocycles. The van der Waals surface area contributed by atoms with Crippen molar-refractivity contribution in [2.45, 2.75) is 24.2 Å². The van der Waals surface area contributed by atoms with Crippen LogP contribution < -0.4 is 4.90 Å². The van der Waals surface area contributed by atoms with Crippen LogP contribution in [0.15, 0.2) is 49.1 Å². The van der Waals surface area contributed by atoms with Crippen LogP contribution in [0.3, 0.4) is 0 Å². The Kier molecular flexibility index (Phi) is 3.34. The standard InChI is InChI=1S/C18H16ClNO4/c1-2-3-13-18-9-8-12(24-18)14(17(22)23)15(18)16(21)20(13)11-6-4-10(19)5-7-11/h2,4-9,12-15H,1,3H2,(H,22,23). The van der Waals surface area contributed by atoms with Gasteiger partial charge in [0.05, 0.1) is 18.1 Å². The minimum atomic E-state index is -1.00. The second-order valence-corrected chi connectivity index (χ2v) is 6.80. The summed E-state index contributed by atoms with van der Waals surface area (Å²) in [4.78, 5) is 26.5. The molecule has 4 rings (SSSR count). The molecule has 124 valence electrons. The van der Waals surface area contributed by atoms with Crippen molar-refractivity contribution in [3.8, 4) is 0 Å². The lowest BCUT2D eigenvalue weighted by Crippen LogP contribution is -2.45. The Bertz CT molecular complexity index is 759. The molecule has 0 saturated carbocycles. The molecule has 2 saturated heterocycles. The zero-order valence-electron chi connectivity index (χ0n) is 12.8. The van der Waals surface area contributed by atoms with Crippen LogP contribution >= 0.6 is 11.6 Å². The van der Waals surface area contributed by atoms with Gasteiger partial charge in [-0.05, 0) is 30.7 Å². The van der Waals surface area contributed by atoms with E-state index in [-0.39, 0.29) is 11.9 Å². The number of nitrogens with zero attached hydrogens (tertiary/aromatic N) is 1. The van der Waals surface area contributed by atoms with E-state index in [0.29, 0.717) is 17.1 Å². The molecule has 1 aromatic rings. The molecule has 1 spiro atoms. The van der Waals surface area contributed by atoms with Gasteiger partial charge in [-0.15, -0.1) is 6.58 Å². The first kappa shape index (κ1) is 15.4. The molecule has 6 heteroatoms. The number of fused-ring (bicyclic) bond motifs is 1. The number of anilines is 1. The molecule has 5 unspecified atom stereocenters. The molecule has 0 aromatic heterocycles. The molecule has 3 aliphatic rings. The molecule has 2 fully saturated rings. The number of hydrogen-bond acceptors (Lipinski definition) is 3. The average molecular weight is 346 g/mol. The molecule has 0 radical (unpaired) electrons. The molecule has 5 atom stereocenters. The molecule has 3 heterocycles. The number of carboxylic acids is 1. The molecule has 1 N–H and O–H groups in total. The average Bonchev–Trinajstić information content (AvgIpc) is 3.18. The predicted molar refractivity (Wildman–Crippen MR) is 88.9 cm³/mol. The number of benzene rings is 1. The molecular formula is C18H16ClNO4. The van der Waals surface area contributed by atoms with Crippen molar-refractivity contribution in [3.05, 3.63) is 54.1 Å². The molecule has 2 bridgehead atoms. The number of rotatable bonds is 4. The van der Waals surface area contributed by atoms with Crippen molar-refractivity contribution in [2.24, 2.45) is 11.8 Å². The Labute approximate surface area is 144 Å². The van der Waals surface area contributed by atoms with E-state index in [2.05, 4.69) is 6.58 Å². The van der Waals surface area contributed by atoms with Crippen molar-refractivity contribution < 1.29 is 19.4 Å². The topological polar surface area (TPSA) is 66.8 Å². The molecule has 5 nitrogen and oxygen atoms in total. The second kappa shape index (κ2) is 5.19. The van der Waals surface area contributed by atoms with Gasteiger partial charge >= 0.3 is 5.97 Å². The van der Waals surface area contributed by atoms with Crippen molar-refractivity contribution in [1.29, 1.82) is 0 Å². The highest BCUT2D eigenvalue weighted by atomic mass is 35.5. The molecule has 1 aromatic carbocycles. The predicted octanol–water partition coefficient (Wildman–Crippen LogP) is 2.66. The van der Waals surface area contributed by atoms with Gasteiger partial charge in [0.2, 0.25) is 5.91 Å². The lowest BCUT2D eigenvalue weighted by Gasteiger charge is -2.32. The second-order valence-electron chi connectivity index (χ2n) is 6.36. The van der Waals surface area contributed by atoms with Gasteiger partial charge < -0.3 is 14.7 Å². The normalized spacial score (nSPS) is 36.2. The Balaban J connectivity index is 1.83. The van der Waals surface area contributed by atoms with Crippen molar-refractivity contribution in [1.82, 2.24) is 0 Å². The first-order chi connectivity index (χ1) is 11.5. The van der Waals surface area contributed by atoms with Crippen LogP contribution in [-0.2, 0) is 14.3 Å². The zero-order chi connectivity index (χ0) is 17.1. The number of carbonyl (C=O) groups excluding carboxylic acids is 1. The zero-order valence-corrected chi connectivity index (χ0v) is 13.5. The van der Waals surface area contributed by atoms with Gasteiger partial charge in [-0.2, -0.15) is 0 Å². The van der Waals surface area contributed by atoms with E-state index >= 15 is 0 Å². The highest BCUT2D eigenvalue weighted by Gasteiger charge is 2.71. The fraction of sp³-hybridized carbons (Fsp3) is 0.333. The number of carboxylic acid groups (broad SMARTS) is 1. The van der Waals surface area contributed by atoms with Crippen LogP contribution in [0.4, 0.5) is 5.69 Å². The van der Waals surface area contributed by atoms with Gasteiger partial charge in [-0.25, -0.2) is 0 Å². The Morgan fingerprint density at radius 1 is 1.42 bits per heavy atom. The third kappa shape index (κ3) is 1.85. The summed E-state index contributed by atoms with van der Waals surface area (Å²) in [5, 5.41) is 10.2. The van der Waals surface area contributed by atoms with Crippen LogP contribution in [0.25, 0.3) is 0 Å². The summed E-state index contributed by atoms with van der Waals surface area (Å²) >= 11 is 5.94. The monoisotopic (exact) mass is 345 g/mol. The third-order valence-electron chi connectivity index (χ3n) is 5.20. The van der Waals surface area contributed by atoms with E-state index in [1.54, 1.807) is 41.3 Å². The highest BCUT2D eigenvalue weighted by molar-refractivity contribution is 6.30. The SMILES string of the molecule is C=CCC1N(c2ccc(Cl)cc2)C(=O)C2C(C(=O)O)C3C=CC21O3. The Morgan fingerprint density at radius 2 is 2.12 bits per heavy atom. The van der Waals surface area contributed by atoms with Crippen LogP contribution in [0.5, 0.6) is 0 Å². The molecule has 1 amide bonds. The summed E-state index contributed by atoms with van der Waals surface area (Å²) in [6.07, 6.45) is 5.33. The van der Waals surface area contributed by atoms with Crippen molar-refractivity contribution >= 4 is 29.2 Å². The van der Waals surface area contributed by atoms with Crippen LogP contribution in [0.2, 0.25) is 5.02 Å². The number of halogens is 1. The van der Waals surface area contributed by atoms with Crippen molar-refractivity contribution in [2.75, 3.05) is 4.90 Å². The molecule has 0 aliphatic carbocycles. The maximum atomic E-state index is 13.1. The lowest BCUT2D eigenvalue weighted by molar-refractivity contribution is -0.146. The molecule has 24 heavy (non-hydrogen) atoms. The van der Waals surface area contributed by atoms with E-state index in [0.717, 1.165) is 0 Å². The van der Waals surface area contributed by atoms with E-state index < -0.39 is 29.5 Å². The van der Waals surface area contributed by atoms with Gasteiger partial charge in [0.1, 0.15) is 11.5 Å². The molecular weight excluding hydrogens is 330 g/mol. The number of carbonyl (C=O) groups is 2. The van der Waals surface area contributed by atoms with Crippen LogP contribution in [-0.4, -0.2) is 34.7 Å². The summed E-state index contributed by atoms with van der Waals surface area (Å²) in [5.74, 6) is -2.79. The minimum absolute atomic E-state index is 0.219. The van der Waals surface area contributed by atoms with Crippen LogP contribution in [0.1, 0.15) is 6.42 Å². The summed E-state index contributed by atoms with van der Waals surface area (Å²) in [5.41, 5.74) is -0.219. The number of amides is 1. The van der Waals surface area contributed by atoms with Gasteiger partial charge in [-0.1, -0.05) is 29.8 Å².